The van der Waals surface area contributed by atoms with Crippen LogP contribution in [-0.4, -0.2) is 41.3 Å². The molecular weight excluding hydrogens is 456 g/mol. The van der Waals surface area contributed by atoms with E-state index in [0.717, 1.165) is 26.9 Å². The number of carbonyl (C=O) groups is 1. The van der Waals surface area contributed by atoms with Gasteiger partial charge in [0.05, 0.1) is 4.90 Å². The maximum absolute atomic E-state index is 13.0. The molecule has 1 N–H and O–H groups in total. The third kappa shape index (κ3) is 5.31. The molecule has 33 heavy (non-hydrogen) atoms. The summed E-state index contributed by atoms with van der Waals surface area (Å²) in [6.07, 6.45) is 4.66. The number of piperidine rings is 1. The number of carbonyl (C=O) groups excluding carboxylic acids is 1. The van der Waals surface area contributed by atoms with Crippen molar-refractivity contribution in [3.05, 3.63) is 66.0 Å². The molecule has 2 aromatic carbocycles. The van der Waals surface area contributed by atoms with E-state index in [0.29, 0.717) is 30.8 Å². The quantitative estimate of drug-likeness (QED) is 0.566. The molecule has 0 aliphatic carbocycles. The van der Waals surface area contributed by atoms with Gasteiger partial charge in [0, 0.05) is 49.0 Å². The number of rotatable bonds is 6. The number of nitrogens with one attached hydrogen (secondary N) is 1. The molecule has 1 saturated heterocycles. The molecule has 1 aliphatic rings. The second-order valence-electron chi connectivity index (χ2n) is 8.36. The monoisotopic (exact) mass is 484 g/mol. The Morgan fingerprint density at radius 3 is 2.36 bits per heavy atom. The summed E-state index contributed by atoms with van der Waals surface area (Å²) in [5, 5.41) is 3.87. The molecule has 0 saturated carbocycles. The maximum Gasteiger partial charge on any atom is 0.243 e. The lowest BCUT2D eigenvalue weighted by Crippen LogP contribution is -2.41. The highest BCUT2D eigenvalue weighted by molar-refractivity contribution is 7.99. The van der Waals surface area contributed by atoms with E-state index in [1.807, 2.05) is 62.0 Å². The first kappa shape index (κ1) is 23.5. The summed E-state index contributed by atoms with van der Waals surface area (Å²) in [5.41, 5.74) is 2.75. The van der Waals surface area contributed by atoms with Gasteiger partial charge in [-0.1, -0.05) is 17.8 Å². The van der Waals surface area contributed by atoms with Crippen LogP contribution in [0.4, 0.5) is 5.69 Å². The summed E-state index contributed by atoms with van der Waals surface area (Å²) < 4.78 is 29.4. The smallest absolute Gasteiger partial charge is 0.243 e. The van der Waals surface area contributed by atoms with Crippen molar-refractivity contribution in [3.8, 4) is 0 Å². The van der Waals surface area contributed by atoms with Crippen LogP contribution in [0.25, 0.3) is 0 Å². The Balaban J connectivity index is 1.33. The Bertz CT molecular complexity index is 1240. The second kappa shape index (κ2) is 9.70. The number of amides is 1. The summed E-state index contributed by atoms with van der Waals surface area (Å²) in [5.74, 6) is -0.277. The Hall–Kier alpha value is -2.62. The zero-order valence-corrected chi connectivity index (χ0v) is 20.6. The van der Waals surface area contributed by atoms with Gasteiger partial charge in [-0.3, -0.25) is 4.79 Å². The van der Waals surface area contributed by atoms with Gasteiger partial charge in [-0.05, 0) is 74.2 Å². The highest BCUT2D eigenvalue weighted by Gasteiger charge is 2.32. The van der Waals surface area contributed by atoms with Gasteiger partial charge >= 0.3 is 0 Å². The van der Waals surface area contributed by atoms with E-state index >= 15 is 0 Å². The van der Waals surface area contributed by atoms with Crippen molar-refractivity contribution in [3.63, 3.8) is 0 Å². The highest BCUT2D eigenvalue weighted by Crippen LogP contribution is 2.28. The fourth-order valence-corrected chi connectivity index (χ4v) is 6.14. The average molecular weight is 485 g/mol. The number of benzene rings is 2. The normalized spacial score (nSPS) is 15.5. The topological polar surface area (TPSA) is 84.3 Å². The molecule has 0 bridgehead atoms. The molecule has 174 valence electrons. The van der Waals surface area contributed by atoms with Crippen LogP contribution in [0, 0.1) is 19.8 Å². The second-order valence-corrected chi connectivity index (χ2v) is 11.3. The standard InChI is InChI=1S/C24H28N4O3S2/c1-17-4-9-22(16-18(17)2)33(30,31)28-13-10-19(11-14-28)23(29)26-20-5-7-21(8-6-20)32-24-25-12-15-27(24)3/h4-9,12,15-16,19H,10-11,13-14H2,1-3H3,(H,26,29). The summed E-state index contributed by atoms with van der Waals surface area (Å²) in [4.78, 5) is 18.4. The SMILES string of the molecule is Cc1ccc(S(=O)(=O)N2CCC(C(=O)Nc3ccc(Sc4nccn4C)cc3)CC2)cc1C. The first-order valence-electron chi connectivity index (χ1n) is 10.9. The zero-order chi connectivity index (χ0) is 23.6. The van der Waals surface area contributed by atoms with Crippen molar-refractivity contribution in [2.24, 2.45) is 13.0 Å². The first-order chi connectivity index (χ1) is 15.7. The van der Waals surface area contributed by atoms with Crippen LogP contribution in [0.5, 0.6) is 0 Å². The molecule has 3 aromatic rings. The third-order valence-corrected chi connectivity index (χ3v) is 9.03. The minimum atomic E-state index is -3.55. The van der Waals surface area contributed by atoms with E-state index < -0.39 is 10.0 Å². The lowest BCUT2D eigenvalue weighted by molar-refractivity contribution is -0.120. The summed E-state index contributed by atoms with van der Waals surface area (Å²) in [6, 6.07) is 12.9. The van der Waals surface area contributed by atoms with Crippen LogP contribution in [0.1, 0.15) is 24.0 Å². The number of hydrogen-bond acceptors (Lipinski definition) is 5. The summed E-state index contributed by atoms with van der Waals surface area (Å²) in [7, 11) is -1.60. The van der Waals surface area contributed by atoms with Crippen LogP contribution in [-0.2, 0) is 21.9 Å². The predicted molar refractivity (Wildman–Crippen MR) is 130 cm³/mol. The molecule has 1 aromatic heterocycles. The van der Waals surface area contributed by atoms with E-state index in [4.69, 9.17) is 0 Å². The molecule has 2 heterocycles. The van der Waals surface area contributed by atoms with Crippen LogP contribution in [0.15, 0.2) is 69.8 Å². The van der Waals surface area contributed by atoms with Crippen LogP contribution < -0.4 is 5.32 Å². The Labute approximate surface area is 199 Å². The number of sulfonamides is 1. The van der Waals surface area contributed by atoms with Gasteiger partial charge in [0.1, 0.15) is 0 Å². The van der Waals surface area contributed by atoms with Crippen LogP contribution in [0.3, 0.4) is 0 Å². The maximum atomic E-state index is 13.0. The van der Waals surface area contributed by atoms with Crippen molar-refractivity contribution in [1.29, 1.82) is 0 Å². The Morgan fingerprint density at radius 2 is 1.76 bits per heavy atom. The number of hydrogen-bond donors (Lipinski definition) is 1. The summed E-state index contributed by atoms with van der Waals surface area (Å²) in [6.45, 7) is 4.55. The number of aryl methyl sites for hydroxylation is 3. The van der Waals surface area contributed by atoms with Crippen molar-refractivity contribution in [2.45, 2.75) is 41.6 Å². The van der Waals surface area contributed by atoms with Crippen LogP contribution in [0.2, 0.25) is 0 Å². The Morgan fingerprint density at radius 1 is 1.06 bits per heavy atom. The zero-order valence-electron chi connectivity index (χ0n) is 19.0. The highest BCUT2D eigenvalue weighted by atomic mass is 32.2. The van der Waals surface area contributed by atoms with E-state index in [-0.39, 0.29) is 11.8 Å². The average Bonchev–Trinajstić information content (AvgIpc) is 3.21. The minimum absolute atomic E-state index is 0.0669. The number of imidazole rings is 1. The molecule has 0 radical (unpaired) electrons. The number of anilines is 1. The lowest BCUT2D eigenvalue weighted by atomic mass is 9.97. The van der Waals surface area contributed by atoms with Gasteiger partial charge < -0.3 is 9.88 Å². The molecule has 0 spiro atoms. The van der Waals surface area contributed by atoms with Gasteiger partial charge in [-0.15, -0.1) is 0 Å². The van der Waals surface area contributed by atoms with E-state index in [2.05, 4.69) is 10.3 Å². The van der Waals surface area contributed by atoms with E-state index in [1.165, 1.54) is 4.31 Å². The molecular formula is C24H28N4O3S2. The van der Waals surface area contributed by atoms with Crippen molar-refractivity contribution >= 4 is 33.4 Å². The molecule has 1 fully saturated rings. The Kier molecular flexibility index (Phi) is 6.92. The van der Waals surface area contributed by atoms with E-state index in [9.17, 15) is 13.2 Å². The van der Waals surface area contributed by atoms with Gasteiger partial charge in [-0.25, -0.2) is 13.4 Å². The number of nitrogens with zero attached hydrogens (tertiary/aromatic N) is 3. The molecule has 0 unspecified atom stereocenters. The number of aromatic nitrogens is 2. The first-order valence-corrected chi connectivity index (χ1v) is 13.1. The fourth-order valence-electron chi connectivity index (χ4n) is 3.79. The molecule has 0 atom stereocenters. The van der Waals surface area contributed by atoms with Crippen LogP contribution >= 0.6 is 11.8 Å². The lowest BCUT2D eigenvalue weighted by Gasteiger charge is -2.30. The minimum Gasteiger partial charge on any atom is -0.329 e. The fraction of sp³-hybridized carbons (Fsp3) is 0.333. The molecule has 1 amide bonds. The largest absolute Gasteiger partial charge is 0.329 e. The van der Waals surface area contributed by atoms with Crippen molar-refractivity contribution < 1.29 is 13.2 Å². The van der Waals surface area contributed by atoms with Gasteiger partial charge in [0.25, 0.3) is 0 Å². The predicted octanol–water partition coefficient (Wildman–Crippen LogP) is 4.23. The molecule has 4 rings (SSSR count). The molecule has 1 aliphatic heterocycles. The molecule has 9 heteroatoms. The third-order valence-electron chi connectivity index (χ3n) is 6.05. The van der Waals surface area contributed by atoms with Gasteiger partial charge in [0.15, 0.2) is 5.16 Å². The van der Waals surface area contributed by atoms with Crippen molar-refractivity contribution in [2.75, 3.05) is 18.4 Å². The summed E-state index contributed by atoms with van der Waals surface area (Å²) >= 11 is 1.56. The van der Waals surface area contributed by atoms with Gasteiger partial charge in [0.2, 0.25) is 15.9 Å². The van der Waals surface area contributed by atoms with Crippen molar-refractivity contribution in [1.82, 2.24) is 13.9 Å². The van der Waals surface area contributed by atoms with Gasteiger partial charge in [-0.2, -0.15) is 4.31 Å². The molecule has 7 nitrogen and oxygen atoms in total. The van der Waals surface area contributed by atoms with E-state index in [1.54, 1.807) is 30.1 Å².